The maximum absolute atomic E-state index is 13.0. The van der Waals surface area contributed by atoms with Gasteiger partial charge in [0, 0.05) is 38.6 Å². The lowest BCUT2D eigenvalue weighted by Gasteiger charge is -2.10. The fraction of sp³-hybridized carbons (Fsp3) is 0.185. The standard InChI is InChI=1S/C27H26N4O4/c1-30(2)26(33)19-11-9-18(10-12-19)21-13-14-23-22(15-21)24(29-31(23)3)25(32)28-16-17-5-7-20(8-6-17)27(34)35-4/h5-15H,16H2,1-4H3,(H,28,32). The predicted octanol–water partition coefficient (Wildman–Crippen LogP) is 3.66. The second kappa shape index (κ2) is 9.80. The van der Waals surface area contributed by atoms with Crippen molar-refractivity contribution in [3.8, 4) is 11.1 Å². The summed E-state index contributed by atoms with van der Waals surface area (Å²) in [4.78, 5) is 38.3. The lowest BCUT2D eigenvalue weighted by molar-refractivity contribution is 0.0600. The average molecular weight is 471 g/mol. The van der Waals surface area contributed by atoms with E-state index in [9.17, 15) is 14.4 Å². The SMILES string of the molecule is COC(=O)c1ccc(CNC(=O)c2nn(C)c3ccc(-c4ccc(C(=O)N(C)C)cc4)cc23)cc1. The van der Waals surface area contributed by atoms with Crippen LogP contribution in [-0.2, 0) is 18.3 Å². The number of ether oxygens (including phenoxy) is 1. The molecule has 8 nitrogen and oxygen atoms in total. The number of nitrogens with zero attached hydrogens (tertiary/aromatic N) is 3. The molecule has 8 heteroatoms. The first kappa shape index (κ1) is 23.7. The fourth-order valence-corrected chi connectivity index (χ4v) is 3.82. The maximum atomic E-state index is 13.0. The lowest BCUT2D eigenvalue weighted by atomic mass is 10.0. The Kier molecular flexibility index (Phi) is 6.64. The van der Waals surface area contributed by atoms with E-state index in [2.05, 4.69) is 10.4 Å². The summed E-state index contributed by atoms with van der Waals surface area (Å²) in [6.07, 6.45) is 0. The molecule has 2 amide bonds. The summed E-state index contributed by atoms with van der Waals surface area (Å²) >= 11 is 0. The van der Waals surface area contributed by atoms with Crippen molar-refractivity contribution in [2.24, 2.45) is 7.05 Å². The molecule has 0 bridgehead atoms. The van der Waals surface area contributed by atoms with Crippen molar-refractivity contribution in [2.45, 2.75) is 6.54 Å². The van der Waals surface area contributed by atoms with E-state index in [1.165, 1.54) is 12.0 Å². The van der Waals surface area contributed by atoms with Gasteiger partial charge in [0.2, 0.25) is 0 Å². The first-order chi connectivity index (χ1) is 16.8. The Balaban J connectivity index is 1.55. The van der Waals surface area contributed by atoms with E-state index in [1.807, 2.05) is 30.3 Å². The highest BCUT2D eigenvalue weighted by Crippen LogP contribution is 2.27. The van der Waals surface area contributed by atoms with Gasteiger partial charge < -0.3 is 15.0 Å². The molecular weight excluding hydrogens is 444 g/mol. The summed E-state index contributed by atoms with van der Waals surface area (Å²) in [6, 6.07) is 20.1. The Morgan fingerprint density at radius 3 is 2.17 bits per heavy atom. The Morgan fingerprint density at radius 1 is 0.914 bits per heavy atom. The molecule has 178 valence electrons. The van der Waals surface area contributed by atoms with E-state index >= 15 is 0 Å². The third kappa shape index (κ3) is 4.91. The van der Waals surface area contributed by atoms with Crippen LogP contribution in [0.3, 0.4) is 0 Å². The summed E-state index contributed by atoms with van der Waals surface area (Å²) < 4.78 is 6.39. The van der Waals surface area contributed by atoms with Crippen LogP contribution in [0.4, 0.5) is 0 Å². The van der Waals surface area contributed by atoms with E-state index in [1.54, 1.807) is 62.2 Å². The molecule has 0 fully saturated rings. The van der Waals surface area contributed by atoms with Gasteiger partial charge in [-0.1, -0.05) is 30.3 Å². The van der Waals surface area contributed by atoms with Crippen LogP contribution in [-0.4, -0.2) is 53.7 Å². The molecule has 3 aromatic carbocycles. The zero-order valence-electron chi connectivity index (χ0n) is 20.0. The molecule has 35 heavy (non-hydrogen) atoms. The minimum atomic E-state index is -0.407. The zero-order valence-corrected chi connectivity index (χ0v) is 20.0. The van der Waals surface area contributed by atoms with Crippen molar-refractivity contribution in [3.05, 3.63) is 89.1 Å². The number of rotatable bonds is 6. The van der Waals surface area contributed by atoms with Crippen LogP contribution in [0.2, 0.25) is 0 Å². The van der Waals surface area contributed by atoms with Crippen LogP contribution >= 0.6 is 0 Å². The second-order valence-corrected chi connectivity index (χ2v) is 8.35. The van der Waals surface area contributed by atoms with Crippen molar-refractivity contribution in [2.75, 3.05) is 21.2 Å². The normalized spacial score (nSPS) is 10.7. The number of hydrogen-bond acceptors (Lipinski definition) is 5. The number of carbonyl (C=O) groups excluding carboxylic acids is 3. The zero-order chi connectivity index (χ0) is 25.1. The van der Waals surface area contributed by atoms with Gasteiger partial charge in [-0.15, -0.1) is 0 Å². The number of carbonyl (C=O) groups is 3. The molecule has 0 atom stereocenters. The number of benzene rings is 3. The molecule has 0 aliphatic carbocycles. The van der Waals surface area contributed by atoms with Gasteiger partial charge >= 0.3 is 5.97 Å². The van der Waals surface area contributed by atoms with Crippen LogP contribution in [0.5, 0.6) is 0 Å². The lowest BCUT2D eigenvalue weighted by Crippen LogP contribution is -2.23. The number of hydrogen-bond donors (Lipinski definition) is 1. The maximum Gasteiger partial charge on any atom is 0.337 e. The van der Waals surface area contributed by atoms with Gasteiger partial charge in [0.1, 0.15) is 0 Å². The number of esters is 1. The minimum absolute atomic E-state index is 0.0573. The Bertz CT molecular complexity index is 1400. The predicted molar refractivity (Wildman–Crippen MR) is 133 cm³/mol. The van der Waals surface area contributed by atoms with Crippen LogP contribution in [0.25, 0.3) is 22.0 Å². The summed E-state index contributed by atoms with van der Waals surface area (Å²) in [5.74, 6) is -0.759. The van der Waals surface area contributed by atoms with Crippen LogP contribution in [0.15, 0.2) is 66.7 Å². The minimum Gasteiger partial charge on any atom is -0.465 e. The van der Waals surface area contributed by atoms with Gasteiger partial charge in [-0.3, -0.25) is 14.3 Å². The fourth-order valence-electron chi connectivity index (χ4n) is 3.82. The highest BCUT2D eigenvalue weighted by molar-refractivity contribution is 6.06. The van der Waals surface area contributed by atoms with E-state index in [0.29, 0.717) is 23.4 Å². The molecular formula is C27H26N4O4. The van der Waals surface area contributed by atoms with Crippen molar-refractivity contribution in [1.29, 1.82) is 0 Å². The van der Waals surface area contributed by atoms with Gasteiger partial charge in [-0.25, -0.2) is 4.79 Å². The quantitative estimate of drug-likeness (QED) is 0.434. The smallest absolute Gasteiger partial charge is 0.337 e. The summed E-state index contributed by atoms with van der Waals surface area (Å²) in [6.45, 7) is 0.291. The summed E-state index contributed by atoms with van der Waals surface area (Å²) in [5.41, 5.74) is 4.92. The number of nitrogens with one attached hydrogen (secondary N) is 1. The third-order valence-electron chi connectivity index (χ3n) is 5.76. The highest BCUT2D eigenvalue weighted by Gasteiger charge is 2.17. The first-order valence-electron chi connectivity index (χ1n) is 11.0. The topological polar surface area (TPSA) is 93.5 Å². The molecule has 0 radical (unpaired) electrons. The van der Waals surface area contributed by atoms with E-state index in [4.69, 9.17) is 4.74 Å². The van der Waals surface area contributed by atoms with Gasteiger partial charge in [-0.05, 0) is 53.1 Å². The molecule has 0 spiro atoms. The Labute approximate surface area is 203 Å². The molecule has 4 aromatic rings. The second-order valence-electron chi connectivity index (χ2n) is 8.35. The molecule has 0 unspecified atom stereocenters. The molecule has 0 aliphatic heterocycles. The van der Waals surface area contributed by atoms with Crippen molar-refractivity contribution < 1.29 is 19.1 Å². The Morgan fingerprint density at radius 2 is 1.54 bits per heavy atom. The highest BCUT2D eigenvalue weighted by atomic mass is 16.5. The van der Waals surface area contributed by atoms with Crippen molar-refractivity contribution in [1.82, 2.24) is 20.0 Å². The summed E-state index contributed by atoms with van der Waals surface area (Å²) in [7, 11) is 6.57. The molecule has 0 aliphatic rings. The van der Waals surface area contributed by atoms with Crippen molar-refractivity contribution >= 4 is 28.7 Å². The number of aromatic nitrogens is 2. The monoisotopic (exact) mass is 470 g/mol. The number of amides is 2. The molecule has 1 heterocycles. The molecule has 0 saturated carbocycles. The van der Waals surface area contributed by atoms with E-state index in [0.717, 1.165) is 27.6 Å². The summed E-state index contributed by atoms with van der Waals surface area (Å²) in [5, 5.41) is 8.07. The van der Waals surface area contributed by atoms with Crippen LogP contribution in [0.1, 0.15) is 36.8 Å². The molecule has 4 rings (SSSR count). The number of fused-ring (bicyclic) bond motifs is 1. The molecule has 1 aromatic heterocycles. The molecule has 0 saturated heterocycles. The number of aryl methyl sites for hydroxylation is 1. The van der Waals surface area contributed by atoms with Gasteiger partial charge in [0.05, 0.1) is 18.2 Å². The first-order valence-corrected chi connectivity index (χ1v) is 11.0. The largest absolute Gasteiger partial charge is 0.465 e. The van der Waals surface area contributed by atoms with Gasteiger partial charge in [0.15, 0.2) is 5.69 Å². The third-order valence-corrected chi connectivity index (χ3v) is 5.76. The molecule has 1 N–H and O–H groups in total. The van der Waals surface area contributed by atoms with Crippen LogP contribution in [0, 0.1) is 0 Å². The van der Waals surface area contributed by atoms with Gasteiger partial charge in [0.25, 0.3) is 11.8 Å². The van der Waals surface area contributed by atoms with Crippen LogP contribution < -0.4 is 5.32 Å². The number of methoxy groups -OCH3 is 1. The van der Waals surface area contributed by atoms with E-state index in [-0.39, 0.29) is 11.8 Å². The van der Waals surface area contributed by atoms with E-state index < -0.39 is 5.97 Å². The Hall–Kier alpha value is -4.46. The van der Waals surface area contributed by atoms with Crippen molar-refractivity contribution in [3.63, 3.8) is 0 Å². The van der Waals surface area contributed by atoms with Gasteiger partial charge in [-0.2, -0.15) is 5.10 Å². The average Bonchev–Trinajstić information content (AvgIpc) is 3.22.